The van der Waals surface area contributed by atoms with E-state index in [1.54, 1.807) is 0 Å². The molecule has 7 nitrogen and oxygen atoms in total. The Balaban J connectivity index is 1.29. The average molecular weight is 454 g/mol. The molecule has 0 saturated carbocycles. The molecule has 0 aliphatic carbocycles. The lowest BCUT2D eigenvalue weighted by Gasteiger charge is -2.17. The zero-order valence-corrected chi connectivity index (χ0v) is 18.6. The van der Waals surface area contributed by atoms with Crippen LogP contribution in [0.5, 0.6) is 17.2 Å². The average Bonchev–Trinajstić information content (AvgIpc) is 3.33. The summed E-state index contributed by atoms with van der Waals surface area (Å²) >= 11 is 2.72. The van der Waals surface area contributed by atoms with Gasteiger partial charge in [-0.05, 0) is 26.0 Å². The first kappa shape index (κ1) is 19.8. The number of nitrogens with one attached hydrogen (secondary N) is 1. The highest BCUT2D eigenvalue weighted by Gasteiger charge is 2.19. The second kappa shape index (κ2) is 8.16. The smallest absolute Gasteiger partial charge is 0.269 e. The molecular weight excluding hydrogens is 434 g/mol. The van der Waals surface area contributed by atoms with Crippen LogP contribution in [0.25, 0.3) is 10.2 Å². The summed E-state index contributed by atoms with van der Waals surface area (Å²) in [6.45, 7) is 5.21. The number of ether oxygens (including phenoxy) is 3. The number of anilines is 1. The summed E-state index contributed by atoms with van der Waals surface area (Å²) in [5, 5.41) is 4.15. The van der Waals surface area contributed by atoms with Crippen LogP contribution in [-0.4, -0.2) is 29.1 Å². The lowest BCUT2D eigenvalue weighted by molar-refractivity contribution is 0.103. The van der Waals surface area contributed by atoms with Crippen LogP contribution in [0.1, 0.15) is 25.9 Å². The lowest BCUT2D eigenvalue weighted by Crippen LogP contribution is -2.15. The number of benzene rings is 2. The Morgan fingerprint density at radius 1 is 1.06 bits per heavy atom. The Labute approximate surface area is 186 Å². The van der Waals surface area contributed by atoms with E-state index in [9.17, 15) is 4.79 Å². The van der Waals surface area contributed by atoms with Crippen molar-refractivity contribution in [3.8, 4) is 17.2 Å². The van der Waals surface area contributed by atoms with Crippen molar-refractivity contribution in [2.45, 2.75) is 20.5 Å². The van der Waals surface area contributed by atoms with Crippen molar-refractivity contribution >= 4 is 43.9 Å². The van der Waals surface area contributed by atoms with Crippen molar-refractivity contribution in [3.63, 3.8) is 0 Å². The molecule has 1 N–H and O–H groups in total. The molecule has 0 radical (unpaired) electrons. The minimum atomic E-state index is -0.229. The van der Waals surface area contributed by atoms with Crippen LogP contribution in [0, 0.1) is 13.8 Å². The van der Waals surface area contributed by atoms with Crippen molar-refractivity contribution in [2.24, 2.45) is 0 Å². The van der Waals surface area contributed by atoms with Crippen LogP contribution in [0.15, 0.2) is 36.4 Å². The number of carbonyl (C=O) groups is 1. The summed E-state index contributed by atoms with van der Waals surface area (Å²) in [4.78, 5) is 22.4. The summed E-state index contributed by atoms with van der Waals surface area (Å²) in [7, 11) is 0. The number of hydrogen-bond donors (Lipinski definition) is 1. The molecule has 31 heavy (non-hydrogen) atoms. The molecule has 4 aromatic rings. The third-order valence-corrected chi connectivity index (χ3v) is 6.77. The molecular formula is C22H19N3O4S2. The Kier molecular flexibility index (Phi) is 5.21. The van der Waals surface area contributed by atoms with Gasteiger partial charge in [-0.3, -0.25) is 10.1 Å². The monoisotopic (exact) mass is 453 g/mol. The van der Waals surface area contributed by atoms with E-state index >= 15 is 0 Å². The zero-order chi connectivity index (χ0) is 21.4. The van der Waals surface area contributed by atoms with E-state index in [0.29, 0.717) is 47.0 Å². The maximum atomic E-state index is 12.8. The van der Waals surface area contributed by atoms with Gasteiger partial charge < -0.3 is 14.2 Å². The number of nitrogens with zero attached hydrogens (tertiary/aromatic N) is 2. The largest absolute Gasteiger partial charge is 0.486 e. The second-order valence-corrected chi connectivity index (χ2v) is 9.17. The Bertz CT molecular complexity index is 1220. The van der Waals surface area contributed by atoms with Crippen LogP contribution >= 0.6 is 22.7 Å². The van der Waals surface area contributed by atoms with Gasteiger partial charge in [0.15, 0.2) is 16.6 Å². The predicted molar refractivity (Wildman–Crippen MR) is 121 cm³/mol. The number of aromatic nitrogens is 2. The molecule has 0 unspecified atom stereocenters. The van der Waals surface area contributed by atoms with Crippen LogP contribution in [0.4, 0.5) is 5.13 Å². The third kappa shape index (κ3) is 4.19. The number of rotatable bonds is 5. The number of hydrogen-bond acceptors (Lipinski definition) is 8. The molecule has 5 rings (SSSR count). The zero-order valence-electron chi connectivity index (χ0n) is 16.9. The summed E-state index contributed by atoms with van der Waals surface area (Å²) < 4.78 is 17.9. The normalized spacial score (nSPS) is 12.7. The fourth-order valence-corrected chi connectivity index (χ4v) is 4.92. The molecule has 9 heteroatoms. The number of thiazole rings is 2. The Morgan fingerprint density at radius 2 is 1.81 bits per heavy atom. The van der Waals surface area contributed by atoms with Gasteiger partial charge in [0.2, 0.25) is 0 Å². The van der Waals surface area contributed by atoms with Gasteiger partial charge in [-0.15, -0.1) is 11.3 Å². The highest BCUT2D eigenvalue weighted by molar-refractivity contribution is 7.22. The first-order valence-corrected chi connectivity index (χ1v) is 11.4. The molecule has 0 fully saturated rings. The number of carbonyl (C=O) groups excluding carboxylic acids is 1. The van der Waals surface area contributed by atoms with Crippen LogP contribution in [-0.2, 0) is 6.61 Å². The van der Waals surface area contributed by atoms with E-state index in [1.165, 1.54) is 28.2 Å². The maximum Gasteiger partial charge on any atom is 0.269 e. The van der Waals surface area contributed by atoms with Crippen LogP contribution in [0.3, 0.4) is 0 Å². The highest BCUT2D eigenvalue weighted by atomic mass is 32.1. The molecule has 1 amide bonds. The predicted octanol–water partition coefficient (Wildman–Crippen LogP) is 4.97. The van der Waals surface area contributed by atoms with Crippen LogP contribution < -0.4 is 19.5 Å². The summed E-state index contributed by atoms with van der Waals surface area (Å²) in [6, 6.07) is 11.6. The molecule has 0 bridgehead atoms. The lowest BCUT2D eigenvalue weighted by atomic mass is 10.2. The second-order valence-electron chi connectivity index (χ2n) is 7.06. The standard InChI is InChI=1S/C22H19N3O4S2/c1-12-3-5-14(6-4-12)29-11-19-23-13(2)20(31-19)21(26)25-22-24-15-9-16-17(10-18(15)30-22)28-8-7-27-16/h3-6,9-10H,7-8,11H2,1-2H3,(H,24,25,26). The molecule has 2 aromatic heterocycles. The fourth-order valence-electron chi connectivity index (χ4n) is 3.18. The molecule has 1 aliphatic rings. The molecule has 158 valence electrons. The molecule has 2 aromatic carbocycles. The van der Waals surface area contributed by atoms with Gasteiger partial charge in [0.25, 0.3) is 5.91 Å². The van der Waals surface area contributed by atoms with E-state index in [1.807, 2.05) is 50.2 Å². The topological polar surface area (TPSA) is 82.6 Å². The first-order chi connectivity index (χ1) is 15.0. The van der Waals surface area contributed by atoms with Gasteiger partial charge in [0.1, 0.15) is 35.5 Å². The van der Waals surface area contributed by atoms with Gasteiger partial charge in [-0.2, -0.15) is 0 Å². The summed E-state index contributed by atoms with van der Waals surface area (Å²) in [6.07, 6.45) is 0. The van der Waals surface area contributed by atoms with Gasteiger partial charge in [0, 0.05) is 12.1 Å². The molecule has 3 heterocycles. The minimum Gasteiger partial charge on any atom is -0.486 e. The minimum absolute atomic E-state index is 0.229. The molecule has 0 atom stereocenters. The molecule has 0 saturated heterocycles. The van der Waals surface area contributed by atoms with Crippen molar-refractivity contribution < 1.29 is 19.0 Å². The highest BCUT2D eigenvalue weighted by Crippen LogP contribution is 2.38. The third-order valence-electron chi connectivity index (χ3n) is 4.70. The maximum absolute atomic E-state index is 12.8. The van der Waals surface area contributed by atoms with E-state index < -0.39 is 0 Å². The summed E-state index contributed by atoms with van der Waals surface area (Å²) in [5.41, 5.74) is 2.60. The van der Waals surface area contributed by atoms with Gasteiger partial charge in [-0.1, -0.05) is 29.0 Å². The van der Waals surface area contributed by atoms with Crippen molar-refractivity contribution in [1.29, 1.82) is 0 Å². The van der Waals surface area contributed by atoms with Crippen molar-refractivity contribution in [2.75, 3.05) is 18.5 Å². The van der Waals surface area contributed by atoms with Crippen molar-refractivity contribution in [3.05, 3.63) is 57.5 Å². The fraction of sp³-hybridized carbons (Fsp3) is 0.227. The SMILES string of the molecule is Cc1ccc(OCc2nc(C)c(C(=O)Nc3nc4cc5c(cc4s3)OCCO5)s2)cc1. The molecule has 0 spiro atoms. The summed E-state index contributed by atoms with van der Waals surface area (Å²) in [5.74, 6) is 1.93. The van der Waals surface area contributed by atoms with E-state index in [2.05, 4.69) is 15.3 Å². The van der Waals surface area contributed by atoms with Gasteiger partial charge >= 0.3 is 0 Å². The van der Waals surface area contributed by atoms with E-state index in [-0.39, 0.29) is 5.91 Å². The number of amides is 1. The van der Waals surface area contributed by atoms with Gasteiger partial charge in [-0.25, -0.2) is 9.97 Å². The first-order valence-electron chi connectivity index (χ1n) is 9.72. The number of aryl methyl sites for hydroxylation is 2. The van der Waals surface area contributed by atoms with E-state index in [0.717, 1.165) is 21.0 Å². The quantitative estimate of drug-likeness (QED) is 0.459. The Morgan fingerprint density at radius 3 is 2.58 bits per heavy atom. The van der Waals surface area contributed by atoms with E-state index in [4.69, 9.17) is 14.2 Å². The van der Waals surface area contributed by atoms with Crippen molar-refractivity contribution in [1.82, 2.24) is 9.97 Å². The van der Waals surface area contributed by atoms with Crippen LogP contribution in [0.2, 0.25) is 0 Å². The van der Waals surface area contributed by atoms with Gasteiger partial charge in [0.05, 0.1) is 15.9 Å². The molecule has 1 aliphatic heterocycles. The Hall–Kier alpha value is -3.17. The number of fused-ring (bicyclic) bond motifs is 2.